The molecule has 0 aromatic heterocycles. The van der Waals surface area contributed by atoms with Crippen LogP contribution in [-0.2, 0) is 21.2 Å². The fourth-order valence-corrected chi connectivity index (χ4v) is 3.89. The zero-order valence-electron chi connectivity index (χ0n) is 14.4. The normalized spacial score (nSPS) is 22.3. The van der Waals surface area contributed by atoms with E-state index in [2.05, 4.69) is 24.1 Å². The van der Waals surface area contributed by atoms with Crippen LogP contribution in [-0.4, -0.2) is 45.4 Å². The second kappa shape index (κ2) is 8.09. The number of amides is 1. The van der Waals surface area contributed by atoms with Gasteiger partial charge in [-0.25, -0.2) is 13.6 Å². The van der Waals surface area contributed by atoms with Crippen molar-refractivity contribution in [3.05, 3.63) is 29.8 Å². The van der Waals surface area contributed by atoms with Crippen LogP contribution in [0.3, 0.4) is 0 Å². The Bertz CT molecular complexity index is 648. The lowest BCUT2D eigenvalue weighted by molar-refractivity contribution is -0.122. The molecule has 1 aromatic rings. The number of piperidine rings is 1. The molecular weight excluding hydrogens is 326 g/mol. The number of primary sulfonamides is 1. The molecular formula is C17H27N3O3S. The molecule has 1 amide bonds. The lowest BCUT2D eigenvalue weighted by Gasteiger charge is -2.34. The second-order valence-electron chi connectivity index (χ2n) is 6.93. The molecule has 0 radical (unpaired) electrons. The zero-order chi connectivity index (χ0) is 17.7. The van der Waals surface area contributed by atoms with Crippen LogP contribution in [0.5, 0.6) is 0 Å². The summed E-state index contributed by atoms with van der Waals surface area (Å²) < 4.78 is 22.4. The van der Waals surface area contributed by atoms with Gasteiger partial charge in [-0.15, -0.1) is 0 Å². The predicted molar refractivity (Wildman–Crippen MR) is 93.9 cm³/mol. The van der Waals surface area contributed by atoms with E-state index in [1.54, 1.807) is 12.1 Å². The molecule has 0 aliphatic carbocycles. The molecule has 1 fully saturated rings. The van der Waals surface area contributed by atoms with Gasteiger partial charge in [0, 0.05) is 19.6 Å². The van der Waals surface area contributed by atoms with Gasteiger partial charge in [0.25, 0.3) is 0 Å². The maximum absolute atomic E-state index is 12.1. The summed E-state index contributed by atoms with van der Waals surface area (Å²) >= 11 is 0. The van der Waals surface area contributed by atoms with Crippen LogP contribution in [0.2, 0.25) is 0 Å². The van der Waals surface area contributed by atoms with Crippen LogP contribution in [0.4, 0.5) is 0 Å². The maximum atomic E-state index is 12.1. The largest absolute Gasteiger partial charge is 0.355 e. The van der Waals surface area contributed by atoms with Crippen molar-refractivity contribution in [2.24, 2.45) is 17.0 Å². The average Bonchev–Trinajstić information content (AvgIpc) is 2.45. The van der Waals surface area contributed by atoms with Crippen LogP contribution < -0.4 is 10.5 Å². The van der Waals surface area contributed by atoms with Crippen molar-refractivity contribution in [3.63, 3.8) is 0 Å². The lowest BCUT2D eigenvalue weighted by atomic mass is 9.92. The van der Waals surface area contributed by atoms with Crippen LogP contribution in [0.15, 0.2) is 29.2 Å². The van der Waals surface area contributed by atoms with Gasteiger partial charge in [0.15, 0.2) is 0 Å². The molecule has 2 rings (SSSR count). The molecule has 0 spiro atoms. The van der Waals surface area contributed by atoms with Gasteiger partial charge < -0.3 is 5.32 Å². The van der Waals surface area contributed by atoms with Gasteiger partial charge >= 0.3 is 0 Å². The minimum Gasteiger partial charge on any atom is -0.355 e. The highest BCUT2D eigenvalue weighted by molar-refractivity contribution is 7.89. The molecule has 1 aliphatic rings. The first-order chi connectivity index (χ1) is 11.2. The molecule has 24 heavy (non-hydrogen) atoms. The number of carbonyl (C=O) groups is 1. The minimum absolute atomic E-state index is 0.0393. The summed E-state index contributed by atoms with van der Waals surface area (Å²) in [5.41, 5.74) is 0.961. The van der Waals surface area contributed by atoms with E-state index in [9.17, 15) is 13.2 Å². The number of carbonyl (C=O) groups excluding carboxylic acids is 1. The third-order valence-corrected chi connectivity index (χ3v) is 5.23. The number of likely N-dealkylation sites (tertiary alicyclic amines) is 1. The molecule has 0 bridgehead atoms. The van der Waals surface area contributed by atoms with Crippen LogP contribution >= 0.6 is 0 Å². The molecule has 6 nitrogen and oxygen atoms in total. The number of benzene rings is 1. The van der Waals surface area contributed by atoms with Crippen molar-refractivity contribution >= 4 is 15.9 Å². The predicted octanol–water partition coefficient (Wildman–Crippen LogP) is 0.971. The van der Waals surface area contributed by atoms with Crippen molar-refractivity contribution < 1.29 is 13.2 Å². The maximum Gasteiger partial charge on any atom is 0.238 e. The Morgan fingerprint density at radius 3 is 2.33 bits per heavy atom. The first-order valence-electron chi connectivity index (χ1n) is 8.35. The van der Waals surface area contributed by atoms with Crippen molar-refractivity contribution in [3.8, 4) is 0 Å². The van der Waals surface area contributed by atoms with Crippen molar-refractivity contribution in [1.82, 2.24) is 10.2 Å². The Morgan fingerprint density at radius 1 is 1.21 bits per heavy atom. The van der Waals surface area contributed by atoms with E-state index >= 15 is 0 Å². The summed E-state index contributed by atoms with van der Waals surface area (Å²) in [6.07, 6.45) is 1.88. The molecule has 1 saturated heterocycles. The molecule has 1 heterocycles. The molecule has 2 atom stereocenters. The van der Waals surface area contributed by atoms with Gasteiger partial charge in [0.05, 0.1) is 11.4 Å². The van der Waals surface area contributed by atoms with Gasteiger partial charge in [0.2, 0.25) is 15.9 Å². The van der Waals surface area contributed by atoms with Crippen molar-refractivity contribution in [2.45, 2.75) is 31.6 Å². The van der Waals surface area contributed by atoms with Gasteiger partial charge in [-0.3, -0.25) is 9.69 Å². The monoisotopic (exact) mass is 353 g/mol. The lowest BCUT2D eigenvalue weighted by Crippen LogP contribution is -2.44. The van der Waals surface area contributed by atoms with E-state index in [1.165, 1.54) is 18.6 Å². The summed E-state index contributed by atoms with van der Waals surface area (Å²) in [5.74, 6) is 1.32. The molecule has 1 aromatic carbocycles. The Morgan fingerprint density at radius 2 is 1.79 bits per heavy atom. The molecule has 3 N–H and O–H groups in total. The van der Waals surface area contributed by atoms with Gasteiger partial charge in [-0.1, -0.05) is 26.0 Å². The van der Waals surface area contributed by atoms with Crippen LogP contribution in [0.25, 0.3) is 0 Å². The molecule has 134 valence electrons. The Labute approximate surface area is 144 Å². The first-order valence-corrected chi connectivity index (χ1v) is 9.89. The molecule has 0 unspecified atom stereocenters. The Balaban J connectivity index is 1.74. The van der Waals surface area contributed by atoms with Gasteiger partial charge in [0.1, 0.15) is 0 Å². The number of hydrogen-bond acceptors (Lipinski definition) is 4. The zero-order valence-corrected chi connectivity index (χ0v) is 15.2. The topological polar surface area (TPSA) is 92.5 Å². The Kier molecular flexibility index (Phi) is 6.37. The number of sulfonamides is 1. The summed E-state index contributed by atoms with van der Waals surface area (Å²) in [7, 11) is -3.65. The van der Waals surface area contributed by atoms with E-state index in [-0.39, 0.29) is 10.8 Å². The summed E-state index contributed by atoms with van der Waals surface area (Å²) in [4.78, 5) is 14.4. The third-order valence-electron chi connectivity index (χ3n) is 4.30. The van der Waals surface area contributed by atoms with Gasteiger partial charge in [-0.05, 0) is 42.4 Å². The molecule has 1 aliphatic heterocycles. The highest BCUT2D eigenvalue weighted by atomic mass is 32.2. The van der Waals surface area contributed by atoms with E-state index in [4.69, 9.17) is 5.14 Å². The standard InChI is InChI=1S/C17H27N3O3S/c1-13-9-14(2)11-20(10-13)12-17(21)19-8-7-15-3-5-16(6-4-15)24(18,22)23/h3-6,13-14H,7-12H2,1-2H3,(H,19,21)(H2,18,22,23)/t13-,14-/m1/s1. The quantitative estimate of drug-likeness (QED) is 0.797. The number of hydrogen-bond donors (Lipinski definition) is 2. The third kappa shape index (κ3) is 5.89. The van der Waals surface area contributed by atoms with E-state index in [1.807, 2.05) is 0 Å². The summed E-state index contributed by atoms with van der Waals surface area (Å²) in [5, 5.41) is 8.00. The smallest absolute Gasteiger partial charge is 0.238 e. The average molecular weight is 353 g/mol. The first kappa shape index (κ1) is 18.9. The highest BCUT2D eigenvalue weighted by Crippen LogP contribution is 2.20. The SMILES string of the molecule is C[C@@H]1C[C@@H](C)CN(CC(=O)NCCc2ccc(S(N)(=O)=O)cc2)C1. The number of nitrogens with one attached hydrogen (secondary N) is 1. The summed E-state index contributed by atoms with van der Waals surface area (Å²) in [6, 6.07) is 6.42. The molecule has 7 heteroatoms. The Hall–Kier alpha value is -1.44. The highest BCUT2D eigenvalue weighted by Gasteiger charge is 2.23. The number of rotatable bonds is 6. The fourth-order valence-electron chi connectivity index (χ4n) is 3.37. The fraction of sp³-hybridized carbons (Fsp3) is 0.588. The summed E-state index contributed by atoms with van der Waals surface area (Å²) in [6.45, 7) is 7.39. The number of nitrogens with zero attached hydrogens (tertiary/aromatic N) is 1. The van der Waals surface area contributed by atoms with E-state index < -0.39 is 10.0 Å². The number of nitrogens with two attached hydrogens (primary N) is 1. The van der Waals surface area contributed by atoms with Crippen LogP contribution in [0.1, 0.15) is 25.8 Å². The molecule has 0 saturated carbocycles. The second-order valence-corrected chi connectivity index (χ2v) is 8.49. The van der Waals surface area contributed by atoms with E-state index in [0.717, 1.165) is 18.7 Å². The minimum atomic E-state index is -3.65. The van der Waals surface area contributed by atoms with Crippen molar-refractivity contribution in [1.29, 1.82) is 0 Å². The van der Waals surface area contributed by atoms with Gasteiger partial charge in [-0.2, -0.15) is 0 Å². The van der Waals surface area contributed by atoms with Crippen molar-refractivity contribution in [2.75, 3.05) is 26.2 Å². The van der Waals surface area contributed by atoms with Crippen LogP contribution in [0, 0.1) is 11.8 Å². The van der Waals surface area contributed by atoms with E-state index in [0.29, 0.717) is 31.3 Å².